The Hall–Kier alpha value is -5.08. The highest BCUT2D eigenvalue weighted by Crippen LogP contribution is 2.31. The van der Waals surface area contributed by atoms with Gasteiger partial charge in [-0.2, -0.15) is 18.6 Å². The van der Waals surface area contributed by atoms with Gasteiger partial charge >= 0.3 is 30.2 Å². The maximum atomic E-state index is 13.0. The quantitative estimate of drug-likeness (QED) is 0.0351. The SMILES string of the molecule is C/C(=N\NC(=O)Nc1cc(F)cc(F)c1)c1ncccc1C(=O)O.C[S+](C)C.Cc1nn(-c2cc(NS(C)(=O)=O)c(Cl)cc2Cl)c(=O)n1C(F)F.O=C(O)CNCP(=O)([O-])O. The predicted molar refractivity (Wildman–Crippen MR) is 220 cm³/mol. The number of aryl methyl sites for hydroxylation is 1. The summed E-state index contributed by atoms with van der Waals surface area (Å²) in [6.45, 7) is -0.872. The molecule has 0 spiro atoms. The van der Waals surface area contributed by atoms with Crippen molar-refractivity contribution in [3.8, 4) is 5.69 Å². The topological polar surface area (TPSA) is 299 Å². The Morgan fingerprint density at radius 1 is 1.05 bits per heavy atom. The normalized spacial score (nSPS) is 12.1. The Kier molecular flexibility index (Phi) is 21.6. The molecule has 0 aliphatic rings. The molecule has 2 amide bonds. The first-order chi connectivity index (χ1) is 28.0. The number of carboxylic acid groups (broad SMARTS) is 2. The summed E-state index contributed by atoms with van der Waals surface area (Å²) < 4.78 is 87.3. The number of urea groups is 1. The number of amides is 2. The summed E-state index contributed by atoms with van der Waals surface area (Å²) in [7, 11) is -7.36. The number of anilines is 2. The van der Waals surface area contributed by atoms with E-state index in [-0.39, 0.29) is 54.5 Å². The van der Waals surface area contributed by atoms with Gasteiger partial charge in [0, 0.05) is 18.0 Å². The molecule has 7 N–H and O–H groups in total. The number of alkyl halides is 2. The van der Waals surface area contributed by atoms with Crippen LogP contribution in [0.1, 0.15) is 35.3 Å². The van der Waals surface area contributed by atoms with Crippen molar-refractivity contribution in [2.75, 3.05) is 47.9 Å². The number of carboxylic acids is 2. The van der Waals surface area contributed by atoms with E-state index in [1.54, 1.807) is 0 Å². The van der Waals surface area contributed by atoms with Crippen LogP contribution in [0, 0.1) is 18.6 Å². The van der Waals surface area contributed by atoms with Crippen LogP contribution in [0.3, 0.4) is 0 Å². The second-order valence-corrected chi connectivity index (χ2v) is 18.6. The van der Waals surface area contributed by atoms with E-state index in [9.17, 15) is 54.6 Å². The lowest BCUT2D eigenvalue weighted by Gasteiger charge is -2.14. The first-order valence-electron chi connectivity index (χ1n) is 16.2. The largest absolute Gasteiger partial charge is 0.778 e. The van der Waals surface area contributed by atoms with E-state index in [0.29, 0.717) is 21.6 Å². The molecule has 2 aromatic heterocycles. The lowest BCUT2D eigenvalue weighted by molar-refractivity contribution is -0.193. The molecule has 1 unspecified atom stereocenters. The summed E-state index contributed by atoms with van der Waals surface area (Å²) in [6, 6.07) is 6.79. The van der Waals surface area contributed by atoms with Gasteiger partial charge in [0.1, 0.15) is 30.7 Å². The predicted octanol–water partition coefficient (Wildman–Crippen LogP) is 3.68. The third kappa shape index (κ3) is 20.4. The number of hydrogen-bond acceptors (Lipinski definition) is 12. The van der Waals surface area contributed by atoms with Gasteiger partial charge in [-0.15, -0.1) is 5.10 Å². The van der Waals surface area contributed by atoms with Crippen LogP contribution in [-0.2, 0) is 30.3 Å². The number of benzene rings is 2. The molecule has 4 aromatic rings. The Balaban J connectivity index is 0.000000469. The van der Waals surface area contributed by atoms with E-state index < -0.39 is 72.3 Å². The summed E-state index contributed by atoms with van der Waals surface area (Å²) in [5.41, 5.74) is 0.884. The first kappa shape index (κ1) is 53.9. The van der Waals surface area contributed by atoms with Crippen molar-refractivity contribution >= 4 is 86.8 Å². The lowest BCUT2D eigenvalue weighted by Crippen LogP contribution is -2.26. The van der Waals surface area contributed by atoms with Crippen molar-refractivity contribution in [2.24, 2.45) is 5.10 Å². The van der Waals surface area contributed by atoms with Crippen molar-refractivity contribution in [3.05, 3.63) is 97.9 Å². The number of carbonyl (C=O) groups is 3. The fourth-order valence-electron chi connectivity index (χ4n) is 3.98. The van der Waals surface area contributed by atoms with Crippen LogP contribution in [0.2, 0.25) is 10.0 Å². The zero-order valence-corrected chi connectivity index (χ0v) is 36.5. The van der Waals surface area contributed by atoms with Gasteiger partial charge in [-0.3, -0.25) is 19.8 Å². The number of hydrogen-bond donors (Lipinski definition) is 7. The van der Waals surface area contributed by atoms with Crippen molar-refractivity contribution in [3.63, 3.8) is 0 Å². The van der Waals surface area contributed by atoms with Crippen LogP contribution in [0.5, 0.6) is 0 Å². The standard InChI is InChI=1S/C15H12F2N4O3.C11H10Cl2F2N4O3S.C3H8NO5P.C3H9S/c1-8(13-12(14(22)23)3-2-4-18-13)20-21-15(24)19-11-6-9(16)5-10(17)7-11;1-5-16-19(11(20)18(5)10(14)15)9-4-8(17-23(2,21)22)6(12)3-7(9)13;5-3(6)1-4-2-10(7,8)9;1-4(2)3/h2-7H,1H3,(H,22,23)(H2,19,21,24);3-4,10,17H,1-2H3;4H,1-2H2,(H,5,6)(H2,7,8,9);1-3H3/q;;;+1/p-1/b20-8+;;;. The molecule has 0 saturated heterocycles. The molecule has 20 nitrogen and oxygen atoms in total. The zero-order chi connectivity index (χ0) is 47.0. The number of carbonyl (C=O) groups excluding carboxylic acids is 1. The van der Waals surface area contributed by atoms with Crippen molar-refractivity contribution in [2.45, 2.75) is 20.4 Å². The van der Waals surface area contributed by atoms with Gasteiger partial charge in [0.05, 0.1) is 70.5 Å². The minimum Gasteiger partial charge on any atom is -0.778 e. The second kappa shape index (κ2) is 24.4. The van der Waals surface area contributed by atoms with Crippen LogP contribution in [-0.4, -0.2) is 104 Å². The van der Waals surface area contributed by atoms with Crippen LogP contribution in [0.4, 0.5) is 33.7 Å². The highest BCUT2D eigenvalue weighted by atomic mass is 35.5. The number of rotatable bonds is 12. The molecule has 0 saturated carbocycles. The molecule has 0 aliphatic carbocycles. The number of nitrogens with one attached hydrogen (secondary N) is 4. The van der Waals surface area contributed by atoms with E-state index >= 15 is 0 Å². The van der Waals surface area contributed by atoms with Crippen molar-refractivity contribution < 1.29 is 64.9 Å². The number of aromatic nitrogens is 4. The first-order valence-corrected chi connectivity index (χ1v) is 23.0. The number of aliphatic carboxylic acids is 1. The third-order valence-corrected chi connectivity index (χ3v) is 7.98. The van der Waals surface area contributed by atoms with E-state index in [0.717, 1.165) is 24.5 Å². The number of sulfonamides is 1. The monoisotopic (exact) mass is 965 g/mol. The Morgan fingerprint density at radius 3 is 2.10 bits per heavy atom. The van der Waals surface area contributed by atoms with E-state index in [1.807, 2.05) is 5.32 Å². The summed E-state index contributed by atoms with van der Waals surface area (Å²) in [4.78, 5) is 66.5. The molecule has 0 fully saturated rings. The molecule has 4 rings (SSSR count). The van der Waals surface area contributed by atoms with Crippen LogP contribution >= 0.6 is 30.8 Å². The Morgan fingerprint density at radius 2 is 1.62 bits per heavy atom. The molecule has 2 aromatic carbocycles. The summed E-state index contributed by atoms with van der Waals surface area (Å²) in [6.07, 6.45) is 8.16. The van der Waals surface area contributed by atoms with Crippen LogP contribution in [0.15, 0.2) is 58.6 Å². The van der Waals surface area contributed by atoms with Gasteiger partial charge in [-0.25, -0.2) is 41.6 Å². The molecule has 0 radical (unpaired) electrons. The molecule has 336 valence electrons. The molecule has 0 aliphatic heterocycles. The minimum atomic E-state index is -4.35. The average molecular weight is 967 g/mol. The molecular weight excluding hydrogens is 928 g/mol. The van der Waals surface area contributed by atoms with Gasteiger partial charge in [0.25, 0.3) is 0 Å². The van der Waals surface area contributed by atoms with Gasteiger partial charge in [-0.05, 0) is 61.1 Å². The molecule has 29 heteroatoms. The molecule has 2 heterocycles. The van der Waals surface area contributed by atoms with Crippen LogP contribution in [0.25, 0.3) is 5.69 Å². The number of hydrazone groups is 1. The second-order valence-electron chi connectivity index (χ2n) is 12.0. The van der Waals surface area contributed by atoms with E-state index in [4.69, 9.17) is 38.3 Å². The van der Waals surface area contributed by atoms with Gasteiger partial charge in [0.2, 0.25) is 10.0 Å². The molecule has 61 heavy (non-hydrogen) atoms. The fourth-order valence-corrected chi connectivity index (χ4v) is 5.51. The Bertz CT molecular complexity index is 2420. The van der Waals surface area contributed by atoms with Gasteiger partial charge in [0.15, 0.2) is 0 Å². The molecule has 1 atom stereocenters. The molecular formula is C32H38Cl2F4N9O11PS2. The fraction of sp³-hybridized carbons (Fsp3) is 0.281. The maximum Gasteiger partial charge on any atom is 0.355 e. The highest BCUT2D eigenvalue weighted by Gasteiger charge is 2.21. The summed E-state index contributed by atoms with van der Waals surface area (Å²) in [5, 5.41) is 28.6. The minimum absolute atomic E-state index is 0.0257. The average Bonchev–Trinajstić information content (AvgIpc) is 3.40. The van der Waals surface area contributed by atoms with E-state index in [2.05, 4.69) is 49.4 Å². The van der Waals surface area contributed by atoms with Gasteiger partial charge in [-0.1, -0.05) is 23.2 Å². The van der Waals surface area contributed by atoms with Gasteiger partial charge < -0.3 is 29.9 Å². The van der Waals surface area contributed by atoms with Crippen molar-refractivity contribution in [1.29, 1.82) is 0 Å². The number of halogens is 6. The zero-order valence-electron chi connectivity index (χ0n) is 32.5. The van der Waals surface area contributed by atoms with Crippen molar-refractivity contribution in [1.82, 2.24) is 30.1 Å². The van der Waals surface area contributed by atoms with Crippen LogP contribution < -0.4 is 31.4 Å². The number of aromatic carboxylic acids is 1. The number of nitrogens with zero attached hydrogens (tertiary/aromatic N) is 5. The maximum absolute atomic E-state index is 13.0. The lowest BCUT2D eigenvalue weighted by atomic mass is 10.1. The Labute approximate surface area is 357 Å². The highest BCUT2D eigenvalue weighted by molar-refractivity contribution is 7.94. The summed E-state index contributed by atoms with van der Waals surface area (Å²) >= 11 is 11.8. The van der Waals surface area contributed by atoms with E-state index in [1.165, 1.54) is 38.2 Å². The molecule has 0 bridgehead atoms. The summed E-state index contributed by atoms with van der Waals surface area (Å²) in [5.74, 6) is -4.27. The third-order valence-electron chi connectivity index (χ3n) is 6.15. The number of pyridine rings is 1. The smallest absolute Gasteiger partial charge is 0.355 e.